The van der Waals surface area contributed by atoms with Gasteiger partial charge in [0, 0.05) is 5.25 Å². The van der Waals surface area contributed by atoms with Crippen molar-refractivity contribution in [2.75, 3.05) is 0 Å². The molecule has 3 nitrogen and oxygen atoms in total. The number of benzene rings is 1. The predicted molar refractivity (Wildman–Crippen MR) is 72.7 cm³/mol. The second-order valence-electron chi connectivity index (χ2n) is 4.81. The van der Waals surface area contributed by atoms with Crippen molar-refractivity contribution in [1.29, 1.82) is 0 Å². The Bertz CT molecular complexity index is 492. The van der Waals surface area contributed by atoms with Crippen molar-refractivity contribution >= 4 is 22.9 Å². The normalized spacial score (nSPS) is 25.2. The van der Waals surface area contributed by atoms with E-state index < -0.39 is 0 Å². The summed E-state index contributed by atoms with van der Waals surface area (Å²) in [7, 11) is 0. The van der Waals surface area contributed by atoms with E-state index in [1.54, 1.807) is 11.8 Å². The minimum atomic E-state index is -0.229. The van der Waals surface area contributed by atoms with Crippen molar-refractivity contribution in [1.82, 2.24) is 4.98 Å². The molecular weight excluding hydrogens is 246 g/mol. The lowest BCUT2D eigenvalue weighted by atomic mass is 10.1. The van der Waals surface area contributed by atoms with Gasteiger partial charge in [-0.05, 0) is 25.0 Å². The molecule has 0 bridgehead atoms. The second-order valence-corrected chi connectivity index (χ2v) is 6.00. The van der Waals surface area contributed by atoms with E-state index in [4.69, 9.17) is 4.42 Å². The van der Waals surface area contributed by atoms with Crippen LogP contribution in [0.25, 0.3) is 11.1 Å². The van der Waals surface area contributed by atoms with Gasteiger partial charge in [0.25, 0.3) is 5.22 Å². The standard InChI is InChI=1S/C14H17NO2S/c16-11-7-2-1-3-9-13(11)18-14-15-10-6-4-5-8-12(10)17-14/h4-6,8,11,13,16H,1-3,7,9H2. The molecule has 1 heterocycles. The maximum Gasteiger partial charge on any atom is 0.257 e. The summed E-state index contributed by atoms with van der Waals surface area (Å²) in [6, 6.07) is 7.78. The number of para-hydroxylation sites is 2. The van der Waals surface area contributed by atoms with Crippen LogP contribution in [-0.2, 0) is 0 Å². The number of aliphatic hydroxyl groups excluding tert-OH is 1. The molecule has 3 rings (SSSR count). The molecule has 2 aromatic rings. The molecule has 0 spiro atoms. The van der Waals surface area contributed by atoms with Crippen molar-refractivity contribution in [3.8, 4) is 0 Å². The van der Waals surface area contributed by atoms with Crippen LogP contribution in [0.2, 0.25) is 0 Å². The lowest BCUT2D eigenvalue weighted by Gasteiger charge is -2.17. The molecule has 2 unspecified atom stereocenters. The number of aromatic nitrogens is 1. The molecule has 1 aromatic heterocycles. The predicted octanol–water partition coefficient (Wildman–Crippen LogP) is 3.61. The first-order valence-corrected chi connectivity index (χ1v) is 7.41. The summed E-state index contributed by atoms with van der Waals surface area (Å²) in [6.45, 7) is 0. The Hall–Kier alpha value is -1.00. The van der Waals surface area contributed by atoms with Crippen LogP contribution in [0.4, 0.5) is 0 Å². The number of nitrogens with zero attached hydrogens (tertiary/aromatic N) is 1. The average molecular weight is 263 g/mol. The van der Waals surface area contributed by atoms with E-state index in [-0.39, 0.29) is 11.4 Å². The Kier molecular flexibility index (Phi) is 3.57. The van der Waals surface area contributed by atoms with Gasteiger partial charge < -0.3 is 9.52 Å². The van der Waals surface area contributed by atoms with Gasteiger partial charge in [0.05, 0.1) is 6.10 Å². The van der Waals surface area contributed by atoms with Gasteiger partial charge >= 0.3 is 0 Å². The molecule has 0 amide bonds. The minimum absolute atomic E-state index is 0.223. The fraction of sp³-hybridized carbons (Fsp3) is 0.500. The molecule has 1 aliphatic carbocycles. The van der Waals surface area contributed by atoms with Gasteiger partial charge in [0.2, 0.25) is 0 Å². The number of thioether (sulfide) groups is 1. The summed E-state index contributed by atoms with van der Waals surface area (Å²) >= 11 is 1.58. The summed E-state index contributed by atoms with van der Waals surface area (Å²) in [5, 5.41) is 11.0. The first kappa shape index (κ1) is 12.1. The Morgan fingerprint density at radius 2 is 2.00 bits per heavy atom. The summed E-state index contributed by atoms with van der Waals surface area (Å²) in [5.41, 5.74) is 1.71. The largest absolute Gasteiger partial charge is 0.431 e. The van der Waals surface area contributed by atoms with Gasteiger partial charge in [-0.3, -0.25) is 0 Å². The van der Waals surface area contributed by atoms with Gasteiger partial charge in [-0.2, -0.15) is 0 Å². The number of rotatable bonds is 2. The van der Waals surface area contributed by atoms with Crippen molar-refractivity contribution < 1.29 is 9.52 Å². The van der Waals surface area contributed by atoms with Crippen LogP contribution >= 0.6 is 11.8 Å². The highest BCUT2D eigenvalue weighted by atomic mass is 32.2. The first-order valence-electron chi connectivity index (χ1n) is 6.53. The minimum Gasteiger partial charge on any atom is -0.431 e. The highest BCUT2D eigenvalue weighted by Crippen LogP contribution is 2.34. The zero-order chi connectivity index (χ0) is 12.4. The Labute approximate surface area is 111 Å². The molecule has 4 heteroatoms. The van der Waals surface area contributed by atoms with Crippen LogP contribution in [0.3, 0.4) is 0 Å². The smallest absolute Gasteiger partial charge is 0.257 e. The van der Waals surface area contributed by atoms with E-state index in [1.807, 2.05) is 24.3 Å². The molecule has 2 atom stereocenters. The van der Waals surface area contributed by atoms with E-state index in [2.05, 4.69) is 4.98 Å². The third kappa shape index (κ3) is 2.54. The van der Waals surface area contributed by atoms with E-state index in [0.29, 0.717) is 5.22 Å². The van der Waals surface area contributed by atoms with Crippen LogP contribution in [0.15, 0.2) is 33.9 Å². The molecule has 1 saturated carbocycles. The fourth-order valence-corrected chi connectivity index (χ4v) is 3.55. The molecule has 96 valence electrons. The van der Waals surface area contributed by atoms with Crippen LogP contribution in [-0.4, -0.2) is 21.4 Å². The van der Waals surface area contributed by atoms with Gasteiger partial charge in [0.15, 0.2) is 5.58 Å². The molecule has 0 saturated heterocycles. The quantitative estimate of drug-likeness (QED) is 0.841. The summed E-state index contributed by atoms with van der Waals surface area (Å²) in [6.07, 6.45) is 5.26. The van der Waals surface area contributed by atoms with E-state index >= 15 is 0 Å². The Morgan fingerprint density at radius 1 is 1.17 bits per heavy atom. The van der Waals surface area contributed by atoms with E-state index in [9.17, 15) is 5.11 Å². The zero-order valence-corrected chi connectivity index (χ0v) is 11.0. The highest BCUT2D eigenvalue weighted by Gasteiger charge is 2.24. The SMILES string of the molecule is OC1CCCCCC1Sc1nc2ccccc2o1. The van der Waals surface area contributed by atoms with Gasteiger partial charge in [-0.25, -0.2) is 4.98 Å². The molecule has 1 aromatic carbocycles. The molecule has 1 aliphatic rings. The lowest BCUT2D eigenvalue weighted by Crippen LogP contribution is -2.21. The Balaban J connectivity index is 1.78. The molecule has 0 radical (unpaired) electrons. The van der Waals surface area contributed by atoms with Crippen molar-refractivity contribution in [3.05, 3.63) is 24.3 Å². The van der Waals surface area contributed by atoms with Crippen LogP contribution < -0.4 is 0 Å². The summed E-state index contributed by atoms with van der Waals surface area (Å²) in [5.74, 6) is 0. The molecule has 1 fully saturated rings. The highest BCUT2D eigenvalue weighted by molar-refractivity contribution is 7.99. The van der Waals surface area contributed by atoms with Crippen LogP contribution in [0.5, 0.6) is 0 Å². The first-order chi connectivity index (χ1) is 8.83. The number of hydrogen-bond acceptors (Lipinski definition) is 4. The topological polar surface area (TPSA) is 46.3 Å². The molecule has 0 aliphatic heterocycles. The summed E-state index contributed by atoms with van der Waals surface area (Å²) in [4.78, 5) is 4.46. The number of fused-ring (bicyclic) bond motifs is 1. The molecule has 1 N–H and O–H groups in total. The summed E-state index contributed by atoms with van der Waals surface area (Å²) < 4.78 is 5.70. The molecular formula is C14H17NO2S. The number of hydrogen-bond donors (Lipinski definition) is 1. The van der Waals surface area contributed by atoms with E-state index in [1.165, 1.54) is 12.8 Å². The monoisotopic (exact) mass is 263 g/mol. The van der Waals surface area contributed by atoms with Crippen molar-refractivity contribution in [3.63, 3.8) is 0 Å². The van der Waals surface area contributed by atoms with Gasteiger partial charge in [-0.15, -0.1) is 0 Å². The van der Waals surface area contributed by atoms with Crippen molar-refractivity contribution in [2.24, 2.45) is 0 Å². The average Bonchev–Trinajstić information content (AvgIpc) is 2.68. The Morgan fingerprint density at radius 3 is 2.89 bits per heavy atom. The second kappa shape index (κ2) is 5.33. The van der Waals surface area contributed by atoms with Crippen molar-refractivity contribution in [2.45, 2.75) is 48.7 Å². The number of oxazole rings is 1. The zero-order valence-electron chi connectivity index (χ0n) is 10.2. The lowest BCUT2D eigenvalue weighted by molar-refractivity contribution is 0.163. The third-order valence-electron chi connectivity index (χ3n) is 3.44. The molecule has 18 heavy (non-hydrogen) atoms. The van der Waals surface area contributed by atoms with Crippen LogP contribution in [0.1, 0.15) is 32.1 Å². The van der Waals surface area contributed by atoms with E-state index in [0.717, 1.165) is 30.4 Å². The van der Waals surface area contributed by atoms with Crippen LogP contribution in [0, 0.1) is 0 Å². The number of aliphatic hydroxyl groups is 1. The van der Waals surface area contributed by atoms with Gasteiger partial charge in [-0.1, -0.05) is 43.2 Å². The maximum atomic E-state index is 10.1. The fourth-order valence-electron chi connectivity index (χ4n) is 2.42. The third-order valence-corrected chi connectivity index (χ3v) is 4.67. The maximum absolute atomic E-state index is 10.1. The van der Waals surface area contributed by atoms with Gasteiger partial charge in [0.1, 0.15) is 5.52 Å².